The van der Waals surface area contributed by atoms with Gasteiger partial charge in [0.1, 0.15) is 0 Å². The van der Waals surface area contributed by atoms with Gasteiger partial charge in [-0.1, -0.05) is 0 Å². The van der Waals surface area contributed by atoms with Crippen molar-refractivity contribution in [2.45, 2.75) is 31.8 Å². The summed E-state index contributed by atoms with van der Waals surface area (Å²) >= 11 is 0. The molecular formula is C12H22N2O. The Hall–Kier alpha value is -0.120. The Bertz CT molecular complexity index is 234. The fourth-order valence-electron chi connectivity index (χ4n) is 3.29. The normalized spacial score (nSPS) is 39.8. The van der Waals surface area contributed by atoms with Crippen molar-refractivity contribution in [3.63, 3.8) is 0 Å². The van der Waals surface area contributed by atoms with E-state index in [0.29, 0.717) is 5.41 Å². The van der Waals surface area contributed by atoms with E-state index in [1.165, 1.54) is 45.3 Å². The first kappa shape index (κ1) is 10.1. The molecule has 1 aliphatic carbocycles. The Kier molecular flexibility index (Phi) is 2.49. The summed E-state index contributed by atoms with van der Waals surface area (Å²) in [6, 6.07) is 0. The Labute approximate surface area is 91.8 Å². The van der Waals surface area contributed by atoms with Crippen molar-refractivity contribution in [2.24, 2.45) is 11.3 Å². The molecule has 2 atom stereocenters. The number of rotatable bonds is 2. The van der Waals surface area contributed by atoms with Gasteiger partial charge in [0, 0.05) is 25.0 Å². The molecule has 86 valence electrons. The second kappa shape index (κ2) is 3.72. The summed E-state index contributed by atoms with van der Waals surface area (Å²) in [7, 11) is 0. The lowest BCUT2D eigenvalue weighted by Gasteiger charge is -2.27. The average molecular weight is 210 g/mol. The molecule has 0 aromatic carbocycles. The number of likely N-dealkylation sites (tertiary alicyclic amines) is 1. The van der Waals surface area contributed by atoms with E-state index < -0.39 is 0 Å². The van der Waals surface area contributed by atoms with E-state index in [0.717, 1.165) is 19.0 Å². The molecule has 0 amide bonds. The van der Waals surface area contributed by atoms with Crippen molar-refractivity contribution < 1.29 is 5.11 Å². The molecule has 2 aliphatic heterocycles. The molecule has 0 bridgehead atoms. The summed E-state index contributed by atoms with van der Waals surface area (Å²) in [6.07, 6.45) is 5.18. The van der Waals surface area contributed by atoms with E-state index in [1.54, 1.807) is 0 Å². The Morgan fingerprint density at radius 1 is 1.40 bits per heavy atom. The maximum absolute atomic E-state index is 9.96. The van der Waals surface area contributed by atoms with Gasteiger partial charge in [0.2, 0.25) is 0 Å². The number of β-amino-alcohol motifs (C(OH)–C–C–N with tert-alkyl or cyclic N) is 1. The molecule has 1 spiro atoms. The number of piperidine rings is 1. The number of nitrogens with one attached hydrogen (secondary N) is 1. The minimum atomic E-state index is -0.0333. The molecule has 1 saturated carbocycles. The van der Waals surface area contributed by atoms with Crippen LogP contribution >= 0.6 is 0 Å². The fourth-order valence-corrected chi connectivity index (χ4v) is 3.29. The molecule has 0 aromatic heterocycles. The highest BCUT2D eigenvalue weighted by atomic mass is 16.3. The first-order valence-corrected chi connectivity index (χ1v) is 6.40. The third-order valence-electron chi connectivity index (χ3n) is 4.48. The molecule has 2 N–H and O–H groups in total. The predicted octanol–water partition coefficient (Wildman–Crippen LogP) is 0.443. The number of nitrogens with zero attached hydrogens (tertiary/aromatic N) is 1. The number of hydrogen-bond donors (Lipinski definition) is 2. The third-order valence-corrected chi connectivity index (χ3v) is 4.48. The van der Waals surface area contributed by atoms with Gasteiger partial charge in [-0.25, -0.2) is 0 Å². The Morgan fingerprint density at radius 3 is 2.87 bits per heavy atom. The molecular weight excluding hydrogens is 188 g/mol. The highest BCUT2D eigenvalue weighted by Gasteiger charge is 2.54. The van der Waals surface area contributed by atoms with Crippen LogP contribution in [0.3, 0.4) is 0 Å². The topological polar surface area (TPSA) is 35.5 Å². The van der Waals surface area contributed by atoms with Crippen LogP contribution in [0.25, 0.3) is 0 Å². The minimum absolute atomic E-state index is 0.0333. The monoisotopic (exact) mass is 210 g/mol. The Balaban J connectivity index is 1.51. The molecule has 2 heterocycles. The van der Waals surface area contributed by atoms with E-state index in [4.69, 9.17) is 0 Å². The standard InChI is InChI=1S/C12H22N2O/c15-11-8-14(9-12(11)3-4-12)7-10-2-1-5-13-6-10/h10-11,13,15H,1-9H2. The van der Waals surface area contributed by atoms with Crippen molar-refractivity contribution in [3.05, 3.63) is 0 Å². The molecule has 3 aliphatic rings. The van der Waals surface area contributed by atoms with Crippen LogP contribution in [0.5, 0.6) is 0 Å². The molecule has 3 fully saturated rings. The molecule has 3 rings (SSSR count). The van der Waals surface area contributed by atoms with Crippen molar-refractivity contribution in [1.29, 1.82) is 0 Å². The third kappa shape index (κ3) is 1.93. The van der Waals surface area contributed by atoms with Crippen LogP contribution in [-0.2, 0) is 0 Å². The maximum Gasteiger partial charge on any atom is 0.0735 e. The van der Waals surface area contributed by atoms with Gasteiger partial charge in [-0.15, -0.1) is 0 Å². The van der Waals surface area contributed by atoms with Crippen LogP contribution in [0.2, 0.25) is 0 Å². The van der Waals surface area contributed by atoms with Crippen LogP contribution < -0.4 is 5.32 Å². The molecule has 3 nitrogen and oxygen atoms in total. The zero-order valence-electron chi connectivity index (χ0n) is 9.41. The minimum Gasteiger partial charge on any atom is -0.391 e. The molecule has 2 unspecified atom stereocenters. The molecule has 15 heavy (non-hydrogen) atoms. The Morgan fingerprint density at radius 2 is 2.27 bits per heavy atom. The lowest BCUT2D eigenvalue weighted by molar-refractivity contribution is 0.129. The van der Waals surface area contributed by atoms with Crippen molar-refractivity contribution in [3.8, 4) is 0 Å². The SMILES string of the molecule is OC1CN(CC2CCCNC2)CC12CC2. The van der Waals surface area contributed by atoms with E-state index in [-0.39, 0.29) is 6.10 Å². The highest BCUT2D eigenvalue weighted by Crippen LogP contribution is 2.52. The zero-order chi connectivity index (χ0) is 10.3. The van der Waals surface area contributed by atoms with Crippen LogP contribution in [0.15, 0.2) is 0 Å². The fraction of sp³-hybridized carbons (Fsp3) is 1.00. The highest BCUT2D eigenvalue weighted by molar-refractivity contribution is 5.06. The smallest absolute Gasteiger partial charge is 0.0735 e. The first-order chi connectivity index (χ1) is 7.28. The molecule has 0 radical (unpaired) electrons. The van der Waals surface area contributed by atoms with E-state index in [1.807, 2.05) is 0 Å². The molecule has 0 aromatic rings. The van der Waals surface area contributed by atoms with Gasteiger partial charge in [-0.05, 0) is 44.7 Å². The number of hydrogen-bond acceptors (Lipinski definition) is 3. The van der Waals surface area contributed by atoms with E-state index in [2.05, 4.69) is 10.2 Å². The van der Waals surface area contributed by atoms with Gasteiger partial charge in [-0.3, -0.25) is 4.90 Å². The van der Waals surface area contributed by atoms with Crippen LogP contribution in [0.1, 0.15) is 25.7 Å². The quantitative estimate of drug-likeness (QED) is 0.694. The molecule has 3 heteroatoms. The van der Waals surface area contributed by atoms with Gasteiger partial charge in [-0.2, -0.15) is 0 Å². The van der Waals surface area contributed by atoms with E-state index in [9.17, 15) is 5.11 Å². The lowest BCUT2D eigenvalue weighted by atomic mass is 9.99. The largest absolute Gasteiger partial charge is 0.391 e. The maximum atomic E-state index is 9.96. The summed E-state index contributed by atoms with van der Waals surface area (Å²) in [5.74, 6) is 0.819. The van der Waals surface area contributed by atoms with Gasteiger partial charge >= 0.3 is 0 Å². The van der Waals surface area contributed by atoms with Crippen molar-refractivity contribution >= 4 is 0 Å². The van der Waals surface area contributed by atoms with E-state index >= 15 is 0 Å². The van der Waals surface area contributed by atoms with Gasteiger partial charge < -0.3 is 10.4 Å². The summed E-state index contributed by atoms with van der Waals surface area (Å²) in [6.45, 7) is 5.66. The summed E-state index contributed by atoms with van der Waals surface area (Å²) < 4.78 is 0. The number of aliphatic hydroxyl groups is 1. The zero-order valence-corrected chi connectivity index (χ0v) is 9.41. The van der Waals surface area contributed by atoms with Crippen molar-refractivity contribution in [2.75, 3.05) is 32.7 Å². The summed E-state index contributed by atoms with van der Waals surface area (Å²) in [5.41, 5.74) is 0.335. The lowest BCUT2D eigenvalue weighted by Crippen LogP contribution is -2.37. The average Bonchev–Trinajstić information content (AvgIpc) is 2.93. The molecule has 2 saturated heterocycles. The number of aliphatic hydroxyl groups excluding tert-OH is 1. The first-order valence-electron chi connectivity index (χ1n) is 6.40. The summed E-state index contributed by atoms with van der Waals surface area (Å²) in [5, 5.41) is 13.4. The van der Waals surface area contributed by atoms with Crippen molar-refractivity contribution in [1.82, 2.24) is 10.2 Å². The van der Waals surface area contributed by atoms with Crippen LogP contribution in [0, 0.1) is 11.3 Å². The second-order valence-electron chi connectivity index (χ2n) is 5.78. The van der Waals surface area contributed by atoms with Crippen LogP contribution in [0.4, 0.5) is 0 Å². The second-order valence-corrected chi connectivity index (χ2v) is 5.78. The summed E-state index contributed by atoms with van der Waals surface area (Å²) in [4.78, 5) is 2.50. The van der Waals surface area contributed by atoms with Gasteiger partial charge in [0.25, 0.3) is 0 Å². The van der Waals surface area contributed by atoms with Gasteiger partial charge in [0.05, 0.1) is 6.10 Å². The van der Waals surface area contributed by atoms with Crippen LogP contribution in [-0.4, -0.2) is 48.8 Å². The van der Waals surface area contributed by atoms with Gasteiger partial charge in [0.15, 0.2) is 0 Å². The predicted molar refractivity (Wildman–Crippen MR) is 59.7 cm³/mol.